The molecule has 0 amide bonds. The molecule has 0 bridgehead atoms. The van der Waals surface area contributed by atoms with Gasteiger partial charge in [0, 0.05) is 5.02 Å². The van der Waals surface area contributed by atoms with Crippen LogP contribution in [0, 0.1) is 6.92 Å². The monoisotopic (exact) mass is 286 g/mol. The van der Waals surface area contributed by atoms with Crippen molar-refractivity contribution in [1.29, 1.82) is 0 Å². The molecule has 0 radical (unpaired) electrons. The number of esters is 1. The van der Waals surface area contributed by atoms with Gasteiger partial charge in [0.25, 0.3) is 0 Å². The molecule has 0 aliphatic carbocycles. The highest BCUT2D eigenvalue weighted by Crippen LogP contribution is 2.49. The molecule has 0 spiro atoms. The zero-order valence-corrected chi connectivity index (χ0v) is 12.1. The molecule has 20 heavy (non-hydrogen) atoms. The summed E-state index contributed by atoms with van der Waals surface area (Å²) in [6.45, 7) is 3.96. The maximum atomic E-state index is 12.0. The molecule has 2 nitrogen and oxygen atoms in total. The number of benzene rings is 2. The Morgan fingerprint density at radius 1 is 1.05 bits per heavy atom. The number of rotatable bonds is 2. The molecule has 3 heteroatoms. The highest BCUT2D eigenvalue weighted by molar-refractivity contribution is 6.30. The van der Waals surface area contributed by atoms with Crippen molar-refractivity contribution in [3.8, 4) is 0 Å². The summed E-state index contributed by atoms with van der Waals surface area (Å²) in [5.41, 5.74) is 2.51. The standard InChI is InChI=1S/C17H15ClO2/c1-11-3-7-13(8-4-11)17(2)15(20-16(17)19)12-5-9-14(18)10-6-12/h3-10,15H,1-2H3/t15-,17-/m1/s1. The molecule has 0 aromatic heterocycles. The number of hydrogen-bond acceptors (Lipinski definition) is 2. The fourth-order valence-corrected chi connectivity index (χ4v) is 2.73. The van der Waals surface area contributed by atoms with E-state index in [0.29, 0.717) is 5.02 Å². The molecular weight excluding hydrogens is 272 g/mol. The van der Waals surface area contributed by atoms with E-state index in [1.54, 1.807) is 0 Å². The first kappa shape index (κ1) is 13.2. The molecule has 0 unspecified atom stereocenters. The van der Waals surface area contributed by atoms with Gasteiger partial charge in [0.2, 0.25) is 0 Å². The van der Waals surface area contributed by atoms with E-state index in [-0.39, 0.29) is 12.1 Å². The maximum Gasteiger partial charge on any atom is 0.321 e. The normalized spacial score (nSPS) is 24.9. The van der Waals surface area contributed by atoms with Crippen molar-refractivity contribution in [3.05, 3.63) is 70.2 Å². The molecular formula is C17H15ClO2. The van der Waals surface area contributed by atoms with E-state index in [1.807, 2.05) is 62.4 Å². The lowest BCUT2D eigenvalue weighted by atomic mass is 9.71. The molecule has 0 N–H and O–H groups in total. The van der Waals surface area contributed by atoms with Gasteiger partial charge in [-0.3, -0.25) is 4.79 Å². The number of carbonyl (C=O) groups is 1. The summed E-state index contributed by atoms with van der Waals surface area (Å²) in [6.07, 6.45) is -0.255. The SMILES string of the molecule is Cc1ccc([C@@]2(C)C(=O)O[C@@H]2c2ccc(Cl)cc2)cc1. The Hall–Kier alpha value is -1.80. The van der Waals surface area contributed by atoms with Gasteiger partial charge >= 0.3 is 5.97 Å². The molecule has 1 fully saturated rings. The highest BCUT2D eigenvalue weighted by atomic mass is 35.5. The van der Waals surface area contributed by atoms with Crippen LogP contribution in [-0.4, -0.2) is 5.97 Å². The van der Waals surface area contributed by atoms with E-state index < -0.39 is 5.41 Å². The van der Waals surface area contributed by atoms with Crippen LogP contribution in [0.3, 0.4) is 0 Å². The van der Waals surface area contributed by atoms with Gasteiger partial charge in [0.1, 0.15) is 11.5 Å². The minimum absolute atomic E-state index is 0.179. The van der Waals surface area contributed by atoms with Crippen LogP contribution in [0.5, 0.6) is 0 Å². The summed E-state index contributed by atoms with van der Waals surface area (Å²) in [4.78, 5) is 12.0. The molecule has 102 valence electrons. The Morgan fingerprint density at radius 2 is 1.65 bits per heavy atom. The topological polar surface area (TPSA) is 26.3 Å². The molecule has 2 aromatic rings. The van der Waals surface area contributed by atoms with Crippen LogP contribution in [0.2, 0.25) is 5.02 Å². The third kappa shape index (κ3) is 1.92. The molecule has 2 atom stereocenters. The number of halogens is 1. The average molecular weight is 287 g/mol. The molecule has 1 saturated heterocycles. The lowest BCUT2D eigenvalue weighted by molar-refractivity contribution is -0.190. The van der Waals surface area contributed by atoms with Gasteiger partial charge in [-0.05, 0) is 37.1 Å². The minimum atomic E-state index is -0.623. The van der Waals surface area contributed by atoms with Gasteiger partial charge in [-0.1, -0.05) is 53.6 Å². The molecule has 3 rings (SSSR count). The van der Waals surface area contributed by atoms with E-state index in [9.17, 15) is 4.79 Å². The van der Waals surface area contributed by atoms with Crippen LogP contribution in [0.25, 0.3) is 0 Å². The number of cyclic esters (lactones) is 1. The van der Waals surface area contributed by atoms with Gasteiger partial charge < -0.3 is 4.74 Å². The third-order valence-electron chi connectivity index (χ3n) is 4.00. The first-order chi connectivity index (χ1) is 9.51. The van der Waals surface area contributed by atoms with Gasteiger partial charge in [-0.2, -0.15) is 0 Å². The summed E-state index contributed by atoms with van der Waals surface area (Å²) in [6, 6.07) is 15.5. The van der Waals surface area contributed by atoms with Crippen molar-refractivity contribution in [2.75, 3.05) is 0 Å². The van der Waals surface area contributed by atoms with E-state index >= 15 is 0 Å². The van der Waals surface area contributed by atoms with Crippen LogP contribution in [0.15, 0.2) is 48.5 Å². The maximum absolute atomic E-state index is 12.0. The second-order valence-corrected chi connectivity index (χ2v) is 5.84. The second kappa shape index (κ2) is 4.64. The highest BCUT2D eigenvalue weighted by Gasteiger charge is 2.56. The molecule has 1 aliphatic rings. The summed E-state index contributed by atoms with van der Waals surface area (Å²) in [5, 5.41) is 0.677. The van der Waals surface area contributed by atoms with Crippen LogP contribution < -0.4 is 0 Å². The van der Waals surface area contributed by atoms with Gasteiger partial charge in [0.05, 0.1) is 0 Å². The summed E-state index contributed by atoms with van der Waals surface area (Å²) in [7, 11) is 0. The Balaban J connectivity index is 1.99. The van der Waals surface area contributed by atoms with Crippen molar-refractivity contribution >= 4 is 17.6 Å². The van der Waals surface area contributed by atoms with Crippen LogP contribution in [0.4, 0.5) is 0 Å². The molecule has 1 heterocycles. The zero-order chi connectivity index (χ0) is 14.3. The predicted octanol–water partition coefficient (Wildman–Crippen LogP) is 4.20. The van der Waals surface area contributed by atoms with Gasteiger partial charge in [-0.25, -0.2) is 0 Å². The first-order valence-corrected chi connectivity index (χ1v) is 6.93. The lowest BCUT2D eigenvalue weighted by Crippen LogP contribution is -2.52. The second-order valence-electron chi connectivity index (χ2n) is 5.41. The van der Waals surface area contributed by atoms with Crippen molar-refractivity contribution in [2.45, 2.75) is 25.4 Å². The van der Waals surface area contributed by atoms with Crippen molar-refractivity contribution < 1.29 is 9.53 Å². The third-order valence-corrected chi connectivity index (χ3v) is 4.25. The number of carbonyl (C=O) groups excluding carboxylic acids is 1. The fraction of sp³-hybridized carbons (Fsp3) is 0.235. The smallest absolute Gasteiger partial charge is 0.321 e. The number of hydrogen-bond donors (Lipinski definition) is 0. The van der Waals surface area contributed by atoms with Crippen LogP contribution >= 0.6 is 11.6 Å². The Bertz CT molecular complexity index is 646. The van der Waals surface area contributed by atoms with Crippen LogP contribution in [0.1, 0.15) is 29.7 Å². The van der Waals surface area contributed by atoms with Gasteiger partial charge in [-0.15, -0.1) is 0 Å². The van der Waals surface area contributed by atoms with Crippen molar-refractivity contribution in [1.82, 2.24) is 0 Å². The van der Waals surface area contributed by atoms with E-state index in [4.69, 9.17) is 16.3 Å². The number of aryl methyl sites for hydroxylation is 1. The summed E-state index contributed by atoms with van der Waals surface area (Å²) in [5.74, 6) is -0.179. The predicted molar refractivity (Wildman–Crippen MR) is 78.8 cm³/mol. The van der Waals surface area contributed by atoms with E-state index in [0.717, 1.165) is 11.1 Å². The Kier molecular flexibility index (Phi) is 3.06. The first-order valence-electron chi connectivity index (χ1n) is 6.55. The quantitative estimate of drug-likeness (QED) is 0.773. The van der Waals surface area contributed by atoms with Crippen molar-refractivity contribution in [2.24, 2.45) is 0 Å². The molecule has 1 aliphatic heterocycles. The summed E-state index contributed by atoms with van der Waals surface area (Å²) < 4.78 is 5.38. The van der Waals surface area contributed by atoms with E-state index in [2.05, 4.69) is 0 Å². The minimum Gasteiger partial charge on any atom is -0.455 e. The van der Waals surface area contributed by atoms with E-state index in [1.165, 1.54) is 5.56 Å². The molecule has 0 saturated carbocycles. The lowest BCUT2D eigenvalue weighted by Gasteiger charge is -2.45. The number of ether oxygens (including phenoxy) is 1. The average Bonchev–Trinajstić information content (AvgIpc) is 2.46. The van der Waals surface area contributed by atoms with Crippen LogP contribution in [-0.2, 0) is 14.9 Å². The fourth-order valence-electron chi connectivity index (χ4n) is 2.60. The summed E-state index contributed by atoms with van der Waals surface area (Å²) >= 11 is 5.90. The molecule has 2 aromatic carbocycles. The zero-order valence-electron chi connectivity index (χ0n) is 11.4. The van der Waals surface area contributed by atoms with Crippen molar-refractivity contribution in [3.63, 3.8) is 0 Å². The Labute approximate surface area is 123 Å². The Morgan fingerprint density at radius 3 is 2.20 bits per heavy atom. The largest absolute Gasteiger partial charge is 0.455 e. The van der Waals surface area contributed by atoms with Gasteiger partial charge in [0.15, 0.2) is 0 Å².